The fraction of sp³-hybridized carbons (Fsp3) is 1.00. The van der Waals surface area contributed by atoms with Crippen LogP contribution in [-0.2, 0) is 0 Å². The lowest BCUT2D eigenvalue weighted by Crippen LogP contribution is -2.40. The maximum absolute atomic E-state index is 2.44. The average molecular weight is 230 g/mol. The molecular formula is C14H34N2. The first-order valence-corrected chi connectivity index (χ1v) is 6.93. The predicted molar refractivity (Wildman–Crippen MR) is 76.0 cm³/mol. The van der Waals surface area contributed by atoms with Gasteiger partial charge in [-0.25, -0.2) is 0 Å². The largest absolute Gasteiger partial charge is 0.309 e. The van der Waals surface area contributed by atoms with Crippen LogP contribution in [0.1, 0.15) is 41.0 Å². The molecule has 1 fully saturated rings. The molecule has 0 bridgehead atoms. The quantitative estimate of drug-likeness (QED) is 0.719. The minimum Gasteiger partial charge on any atom is -0.309 e. The Morgan fingerprint density at radius 2 is 1.62 bits per heavy atom. The Morgan fingerprint density at radius 3 is 2.00 bits per heavy atom. The van der Waals surface area contributed by atoms with Crippen molar-refractivity contribution in [1.29, 1.82) is 0 Å². The van der Waals surface area contributed by atoms with Crippen molar-refractivity contribution in [3.8, 4) is 0 Å². The number of likely N-dealkylation sites (tertiary alicyclic amines) is 1. The second-order valence-corrected chi connectivity index (χ2v) is 4.55. The third kappa shape index (κ3) is 8.12. The number of piperidine rings is 1. The molecule has 2 unspecified atom stereocenters. The van der Waals surface area contributed by atoms with Gasteiger partial charge in [0.15, 0.2) is 0 Å². The van der Waals surface area contributed by atoms with Crippen LogP contribution in [0.3, 0.4) is 0 Å². The van der Waals surface area contributed by atoms with Crippen LogP contribution in [0.2, 0.25) is 0 Å². The molecule has 0 amide bonds. The Morgan fingerprint density at radius 1 is 1.12 bits per heavy atom. The van der Waals surface area contributed by atoms with Crippen molar-refractivity contribution < 1.29 is 0 Å². The van der Waals surface area contributed by atoms with Gasteiger partial charge in [-0.3, -0.25) is 0 Å². The van der Waals surface area contributed by atoms with Crippen molar-refractivity contribution >= 4 is 0 Å². The first kappa shape index (κ1) is 18.3. The molecule has 1 aliphatic heterocycles. The molecule has 0 saturated carbocycles. The van der Waals surface area contributed by atoms with E-state index in [4.69, 9.17) is 0 Å². The van der Waals surface area contributed by atoms with E-state index < -0.39 is 0 Å². The monoisotopic (exact) mass is 230 g/mol. The van der Waals surface area contributed by atoms with E-state index in [0.717, 1.165) is 11.8 Å². The summed E-state index contributed by atoms with van der Waals surface area (Å²) < 4.78 is 0. The van der Waals surface area contributed by atoms with Gasteiger partial charge in [-0.1, -0.05) is 34.6 Å². The van der Waals surface area contributed by atoms with Crippen molar-refractivity contribution in [3.63, 3.8) is 0 Å². The van der Waals surface area contributed by atoms with Crippen LogP contribution in [0.4, 0.5) is 0 Å². The van der Waals surface area contributed by atoms with E-state index in [2.05, 4.69) is 37.9 Å². The normalized spacial score (nSPS) is 25.3. The zero-order valence-electron chi connectivity index (χ0n) is 12.9. The summed E-state index contributed by atoms with van der Waals surface area (Å²) in [5.41, 5.74) is 0. The van der Waals surface area contributed by atoms with Crippen LogP contribution in [0.5, 0.6) is 0 Å². The smallest absolute Gasteiger partial charge is 0.000710 e. The Balaban J connectivity index is 0. The molecule has 1 rings (SSSR count). The molecule has 0 aromatic rings. The van der Waals surface area contributed by atoms with Crippen molar-refractivity contribution in [2.45, 2.75) is 41.0 Å². The first-order valence-electron chi connectivity index (χ1n) is 6.93. The van der Waals surface area contributed by atoms with Gasteiger partial charge in [-0.05, 0) is 45.9 Å². The zero-order valence-corrected chi connectivity index (χ0v) is 12.9. The summed E-state index contributed by atoms with van der Waals surface area (Å²) >= 11 is 0. The fourth-order valence-corrected chi connectivity index (χ4v) is 2.14. The average Bonchev–Trinajstić information content (AvgIpc) is 2.28. The third-order valence-electron chi connectivity index (χ3n) is 2.89. The zero-order chi connectivity index (χ0) is 13.1. The van der Waals surface area contributed by atoms with Gasteiger partial charge in [0.1, 0.15) is 0 Å². The lowest BCUT2D eigenvalue weighted by atomic mass is 9.87. The van der Waals surface area contributed by atoms with Crippen LogP contribution in [0.15, 0.2) is 0 Å². The Labute approximate surface area is 104 Å². The van der Waals surface area contributed by atoms with Gasteiger partial charge >= 0.3 is 0 Å². The van der Waals surface area contributed by atoms with Crippen LogP contribution >= 0.6 is 0 Å². The molecule has 2 atom stereocenters. The molecule has 0 aromatic heterocycles. The molecule has 0 aliphatic carbocycles. The molecule has 16 heavy (non-hydrogen) atoms. The predicted octanol–water partition coefficient (Wildman–Crippen LogP) is 3.19. The summed E-state index contributed by atoms with van der Waals surface area (Å²) in [5, 5.41) is 0. The highest BCUT2D eigenvalue weighted by Gasteiger charge is 2.23. The first-order chi connectivity index (χ1) is 7.59. The van der Waals surface area contributed by atoms with Crippen molar-refractivity contribution in [3.05, 3.63) is 0 Å². The number of rotatable bonds is 2. The summed E-state index contributed by atoms with van der Waals surface area (Å²) in [6.07, 6.45) is 1.37. The van der Waals surface area contributed by atoms with Gasteiger partial charge in [0.05, 0.1) is 0 Å². The lowest BCUT2D eigenvalue weighted by molar-refractivity contribution is 0.130. The molecule has 2 nitrogen and oxygen atoms in total. The molecule has 0 spiro atoms. The minimum absolute atomic E-state index is 0.867. The fourth-order valence-electron chi connectivity index (χ4n) is 2.14. The third-order valence-corrected chi connectivity index (χ3v) is 2.89. The van der Waals surface area contributed by atoms with E-state index >= 15 is 0 Å². The second kappa shape index (κ2) is 11.4. The van der Waals surface area contributed by atoms with Crippen LogP contribution in [0, 0.1) is 11.8 Å². The van der Waals surface area contributed by atoms with Gasteiger partial charge < -0.3 is 9.80 Å². The topological polar surface area (TPSA) is 6.48 Å². The van der Waals surface area contributed by atoms with Gasteiger partial charge in [0, 0.05) is 13.1 Å². The highest BCUT2D eigenvalue weighted by atomic mass is 15.1. The summed E-state index contributed by atoms with van der Waals surface area (Å²) in [6, 6.07) is 0. The number of nitrogens with zero attached hydrogens (tertiary/aromatic N) is 2. The maximum Gasteiger partial charge on any atom is 0.000710 e. The Kier molecular flexibility index (Phi) is 13.0. The van der Waals surface area contributed by atoms with Crippen LogP contribution < -0.4 is 0 Å². The SMILES string of the molecule is CC.CC.CC1CN(C)CCC1CN(C)C. The van der Waals surface area contributed by atoms with Crippen molar-refractivity contribution in [2.75, 3.05) is 40.8 Å². The van der Waals surface area contributed by atoms with E-state index in [1.807, 2.05) is 27.7 Å². The highest BCUT2D eigenvalue weighted by Crippen LogP contribution is 2.22. The van der Waals surface area contributed by atoms with Gasteiger partial charge in [-0.2, -0.15) is 0 Å². The van der Waals surface area contributed by atoms with Crippen molar-refractivity contribution in [2.24, 2.45) is 11.8 Å². The molecule has 100 valence electrons. The summed E-state index contributed by atoms with van der Waals surface area (Å²) in [7, 11) is 6.57. The lowest BCUT2D eigenvalue weighted by Gasteiger charge is -2.36. The number of hydrogen-bond donors (Lipinski definition) is 0. The molecule has 0 aromatic carbocycles. The molecule has 2 heteroatoms. The minimum atomic E-state index is 0.867. The summed E-state index contributed by atoms with van der Waals surface area (Å²) in [5.74, 6) is 1.78. The van der Waals surface area contributed by atoms with Crippen LogP contribution in [-0.4, -0.2) is 50.6 Å². The van der Waals surface area contributed by atoms with Gasteiger partial charge in [0.2, 0.25) is 0 Å². The Bertz CT molecular complexity index is 135. The summed E-state index contributed by atoms with van der Waals surface area (Å²) in [4.78, 5) is 4.75. The van der Waals surface area contributed by atoms with Gasteiger partial charge in [-0.15, -0.1) is 0 Å². The molecule has 1 saturated heterocycles. The van der Waals surface area contributed by atoms with E-state index in [1.165, 1.54) is 26.1 Å². The van der Waals surface area contributed by atoms with Crippen molar-refractivity contribution in [1.82, 2.24) is 9.80 Å². The summed E-state index contributed by atoms with van der Waals surface area (Å²) in [6.45, 7) is 14.2. The molecule has 0 radical (unpaired) electrons. The standard InChI is InChI=1S/C10H22N2.2C2H6/c1-9-7-12(4)6-5-10(9)8-11(2)3;2*1-2/h9-10H,5-8H2,1-4H3;2*1-2H3. The highest BCUT2D eigenvalue weighted by molar-refractivity contribution is 4.77. The Hall–Kier alpha value is -0.0800. The van der Waals surface area contributed by atoms with E-state index in [1.54, 1.807) is 0 Å². The molecule has 0 N–H and O–H groups in total. The van der Waals surface area contributed by atoms with Crippen LogP contribution in [0.25, 0.3) is 0 Å². The van der Waals surface area contributed by atoms with E-state index in [0.29, 0.717) is 0 Å². The van der Waals surface area contributed by atoms with Gasteiger partial charge in [0.25, 0.3) is 0 Å². The molecular weight excluding hydrogens is 196 g/mol. The second-order valence-electron chi connectivity index (χ2n) is 4.55. The maximum atomic E-state index is 2.44. The molecule has 1 aliphatic rings. The number of hydrogen-bond acceptors (Lipinski definition) is 2. The molecule has 1 heterocycles. The van der Waals surface area contributed by atoms with E-state index in [9.17, 15) is 0 Å². The van der Waals surface area contributed by atoms with E-state index in [-0.39, 0.29) is 0 Å².